The molecule has 0 radical (unpaired) electrons. The summed E-state index contributed by atoms with van der Waals surface area (Å²) in [5, 5.41) is 12.1. The average Bonchev–Trinajstić information content (AvgIpc) is 3.62. The van der Waals surface area contributed by atoms with Gasteiger partial charge in [-0.25, -0.2) is 14.4 Å². The van der Waals surface area contributed by atoms with E-state index in [1.807, 2.05) is 57.2 Å². The summed E-state index contributed by atoms with van der Waals surface area (Å²) in [5.74, 6) is 1.22. The Morgan fingerprint density at radius 3 is 2.74 bits per heavy atom. The Kier molecular flexibility index (Phi) is 10.8. The number of pyridine rings is 1. The molecule has 264 valence electrons. The minimum Gasteiger partial charge on any atom is -0.473 e. The normalized spacial score (nSPS) is 20.0. The molecule has 2 aliphatic rings. The molecule has 1 amide bonds. The first-order chi connectivity index (χ1) is 24.0. The maximum Gasteiger partial charge on any atom is 0.251 e. The number of likely N-dealkylation sites (tertiary alicyclic amines) is 1. The maximum atomic E-state index is 14.4. The van der Waals surface area contributed by atoms with Crippen LogP contribution >= 0.6 is 0 Å². The minimum atomic E-state index is -0.576. The van der Waals surface area contributed by atoms with E-state index in [0.717, 1.165) is 48.7 Å². The molecular formula is C38H46FN7O4. The van der Waals surface area contributed by atoms with E-state index in [1.165, 1.54) is 6.07 Å². The Labute approximate surface area is 292 Å². The lowest BCUT2D eigenvalue weighted by Gasteiger charge is -2.28. The van der Waals surface area contributed by atoms with Crippen molar-refractivity contribution in [2.45, 2.75) is 77.5 Å². The SMILES string of the molecule is CC(CN)OCC(C)(C)NC(=O)c1ccc2nc(CN3CC(C)C(c4cccc(OCc5ccc(C#N)cc5F)n4)C3)n(CC3CCO3)c2c1. The van der Waals surface area contributed by atoms with Crippen molar-refractivity contribution in [3.63, 3.8) is 0 Å². The van der Waals surface area contributed by atoms with Crippen LogP contribution in [0.4, 0.5) is 4.39 Å². The number of carbonyl (C=O) groups excluding carboxylic acids is 1. The largest absolute Gasteiger partial charge is 0.473 e. The highest BCUT2D eigenvalue weighted by atomic mass is 19.1. The van der Waals surface area contributed by atoms with E-state index >= 15 is 0 Å². The fourth-order valence-corrected chi connectivity index (χ4v) is 6.49. The van der Waals surface area contributed by atoms with Gasteiger partial charge in [-0.05, 0) is 69.5 Å². The van der Waals surface area contributed by atoms with E-state index in [0.29, 0.717) is 49.2 Å². The molecule has 50 heavy (non-hydrogen) atoms. The second-order valence-corrected chi connectivity index (χ2v) is 14.2. The van der Waals surface area contributed by atoms with Crippen molar-refractivity contribution in [1.29, 1.82) is 5.26 Å². The van der Waals surface area contributed by atoms with Gasteiger partial charge in [0.05, 0.1) is 60.1 Å². The highest BCUT2D eigenvalue weighted by molar-refractivity contribution is 5.97. The summed E-state index contributed by atoms with van der Waals surface area (Å²) in [5.41, 5.74) is 8.98. The van der Waals surface area contributed by atoms with Crippen molar-refractivity contribution in [2.75, 3.05) is 32.8 Å². The molecule has 2 aromatic heterocycles. The second kappa shape index (κ2) is 15.2. The summed E-state index contributed by atoms with van der Waals surface area (Å²) in [6.45, 7) is 12.5. The van der Waals surface area contributed by atoms with E-state index < -0.39 is 11.4 Å². The molecule has 4 atom stereocenters. The number of nitriles is 1. The minimum absolute atomic E-state index is 0.0187. The molecule has 4 heterocycles. The van der Waals surface area contributed by atoms with E-state index in [4.69, 9.17) is 35.2 Å². The molecule has 0 aliphatic carbocycles. The first-order valence-electron chi connectivity index (χ1n) is 17.3. The zero-order chi connectivity index (χ0) is 35.4. The summed E-state index contributed by atoms with van der Waals surface area (Å²) < 4.78 is 34.1. The van der Waals surface area contributed by atoms with Crippen LogP contribution in [0.3, 0.4) is 0 Å². The average molecular weight is 684 g/mol. The van der Waals surface area contributed by atoms with Crippen LogP contribution in [0.15, 0.2) is 54.6 Å². The Hall–Kier alpha value is -4.41. The first-order valence-corrected chi connectivity index (χ1v) is 17.3. The van der Waals surface area contributed by atoms with Gasteiger partial charge in [0, 0.05) is 55.0 Å². The van der Waals surface area contributed by atoms with Crippen LogP contribution in [-0.4, -0.2) is 75.9 Å². The number of imidazole rings is 1. The Balaban J connectivity index is 1.15. The molecule has 0 bridgehead atoms. The number of ether oxygens (including phenoxy) is 3. The Morgan fingerprint density at radius 2 is 2.02 bits per heavy atom. The smallest absolute Gasteiger partial charge is 0.251 e. The third kappa shape index (κ3) is 8.30. The van der Waals surface area contributed by atoms with Gasteiger partial charge >= 0.3 is 0 Å². The molecule has 2 saturated heterocycles. The highest BCUT2D eigenvalue weighted by Gasteiger charge is 2.33. The molecule has 2 fully saturated rings. The number of hydrogen-bond acceptors (Lipinski definition) is 9. The molecule has 11 nitrogen and oxygen atoms in total. The van der Waals surface area contributed by atoms with Crippen LogP contribution in [0, 0.1) is 23.1 Å². The molecule has 0 saturated carbocycles. The van der Waals surface area contributed by atoms with Crippen molar-refractivity contribution >= 4 is 16.9 Å². The fourth-order valence-electron chi connectivity index (χ4n) is 6.49. The van der Waals surface area contributed by atoms with Crippen molar-refractivity contribution in [2.24, 2.45) is 11.7 Å². The van der Waals surface area contributed by atoms with Gasteiger partial charge in [0.25, 0.3) is 5.91 Å². The molecule has 2 aromatic carbocycles. The Morgan fingerprint density at radius 1 is 1.20 bits per heavy atom. The summed E-state index contributed by atoms with van der Waals surface area (Å²) in [7, 11) is 0. The quantitative estimate of drug-likeness (QED) is 0.190. The number of nitrogens with zero attached hydrogens (tertiary/aromatic N) is 5. The number of carbonyl (C=O) groups is 1. The molecule has 6 rings (SSSR count). The number of nitrogens with one attached hydrogen (secondary N) is 1. The van der Waals surface area contributed by atoms with Gasteiger partial charge in [-0.1, -0.05) is 19.1 Å². The molecule has 4 unspecified atom stereocenters. The van der Waals surface area contributed by atoms with E-state index in [-0.39, 0.29) is 36.2 Å². The summed E-state index contributed by atoms with van der Waals surface area (Å²) in [4.78, 5) is 25.6. The van der Waals surface area contributed by atoms with E-state index in [2.05, 4.69) is 21.7 Å². The number of nitrogens with two attached hydrogens (primary N) is 1. The van der Waals surface area contributed by atoms with Crippen LogP contribution < -0.4 is 15.8 Å². The summed E-state index contributed by atoms with van der Waals surface area (Å²) in [6.07, 6.45) is 1.00. The molecule has 3 N–H and O–H groups in total. The zero-order valence-electron chi connectivity index (χ0n) is 29.2. The molecule has 2 aliphatic heterocycles. The predicted molar refractivity (Wildman–Crippen MR) is 187 cm³/mol. The lowest BCUT2D eigenvalue weighted by atomic mass is 9.94. The third-order valence-electron chi connectivity index (χ3n) is 9.52. The summed E-state index contributed by atoms with van der Waals surface area (Å²) >= 11 is 0. The summed E-state index contributed by atoms with van der Waals surface area (Å²) in [6, 6.07) is 17.7. The lowest BCUT2D eigenvalue weighted by molar-refractivity contribution is -0.0591. The van der Waals surface area contributed by atoms with Gasteiger partial charge in [-0.3, -0.25) is 9.69 Å². The van der Waals surface area contributed by atoms with Crippen LogP contribution in [0.2, 0.25) is 0 Å². The van der Waals surface area contributed by atoms with Gasteiger partial charge < -0.3 is 29.8 Å². The van der Waals surface area contributed by atoms with Gasteiger partial charge in [0.1, 0.15) is 18.2 Å². The van der Waals surface area contributed by atoms with Crippen LogP contribution in [0.25, 0.3) is 11.0 Å². The van der Waals surface area contributed by atoms with Crippen LogP contribution in [0.5, 0.6) is 5.88 Å². The highest BCUT2D eigenvalue weighted by Crippen LogP contribution is 2.34. The van der Waals surface area contributed by atoms with Gasteiger partial charge in [-0.2, -0.15) is 5.26 Å². The number of aromatic nitrogens is 3. The van der Waals surface area contributed by atoms with E-state index in [1.54, 1.807) is 18.2 Å². The monoisotopic (exact) mass is 683 g/mol. The number of rotatable bonds is 14. The van der Waals surface area contributed by atoms with Gasteiger partial charge in [0.15, 0.2) is 0 Å². The maximum absolute atomic E-state index is 14.4. The van der Waals surface area contributed by atoms with Gasteiger partial charge in [-0.15, -0.1) is 0 Å². The molecule has 4 aromatic rings. The van der Waals surface area contributed by atoms with Crippen molar-refractivity contribution in [3.05, 3.63) is 88.6 Å². The zero-order valence-corrected chi connectivity index (χ0v) is 29.2. The molecule has 12 heteroatoms. The predicted octanol–water partition coefficient (Wildman–Crippen LogP) is 4.92. The standard InChI is InChI=1S/C38H46FN7O4/c1-24-18-45(20-30(24)32-6-5-7-36(43-32)49-22-28-9-8-26(17-41)14-31(28)39)21-35-42-33-11-10-27(15-34(33)46(35)19-29-12-13-48-29)37(47)44-38(3,4)23-50-25(2)16-40/h5-11,14-15,24-25,29-30H,12-13,16,18-23,40H2,1-4H3,(H,44,47). The topological polar surface area (TPSA) is 141 Å². The third-order valence-corrected chi connectivity index (χ3v) is 9.52. The van der Waals surface area contributed by atoms with Crippen molar-refractivity contribution in [1.82, 2.24) is 24.8 Å². The Bertz CT molecular complexity index is 1870. The number of hydrogen-bond donors (Lipinski definition) is 2. The first kappa shape index (κ1) is 35.4. The fraction of sp³-hybridized carbons (Fsp3) is 0.474. The van der Waals surface area contributed by atoms with Gasteiger partial charge in [0.2, 0.25) is 5.88 Å². The van der Waals surface area contributed by atoms with Crippen molar-refractivity contribution < 1.29 is 23.4 Å². The molecule has 0 spiro atoms. The second-order valence-electron chi connectivity index (χ2n) is 14.2. The number of halogens is 1. The van der Waals surface area contributed by atoms with E-state index in [9.17, 15) is 9.18 Å². The number of fused-ring (bicyclic) bond motifs is 1. The van der Waals surface area contributed by atoms with Crippen molar-refractivity contribution in [3.8, 4) is 11.9 Å². The van der Waals surface area contributed by atoms with Crippen LogP contribution in [0.1, 0.15) is 73.0 Å². The number of amides is 1. The molecular weight excluding hydrogens is 637 g/mol. The van der Waals surface area contributed by atoms with Crippen LogP contribution in [-0.2, 0) is 29.2 Å². The number of benzene rings is 2. The lowest BCUT2D eigenvalue weighted by Crippen LogP contribution is -2.48.